The zero-order valence-electron chi connectivity index (χ0n) is 9.59. The van der Waals surface area contributed by atoms with Gasteiger partial charge < -0.3 is 10.4 Å². The van der Waals surface area contributed by atoms with Gasteiger partial charge in [0.2, 0.25) is 0 Å². The molecule has 0 unspecified atom stereocenters. The van der Waals surface area contributed by atoms with E-state index in [0.717, 1.165) is 18.7 Å². The SMILES string of the molecule is CCNC[C@@H](O)Cc1cccc(C(F)(F)F)c1. The molecule has 0 aromatic heterocycles. The standard InChI is InChI=1S/C12H16F3NO/c1-2-16-8-11(17)7-9-4-3-5-10(6-9)12(13,14)15/h3-6,11,16-17H,2,7-8H2,1H3/t11-/m0/s1. The van der Waals surface area contributed by atoms with E-state index in [0.29, 0.717) is 12.1 Å². The molecule has 0 spiro atoms. The molecular formula is C12H16F3NO. The predicted octanol–water partition coefficient (Wildman–Crippen LogP) is 2.22. The molecule has 0 aliphatic carbocycles. The van der Waals surface area contributed by atoms with Crippen molar-refractivity contribution in [3.8, 4) is 0 Å². The smallest absolute Gasteiger partial charge is 0.391 e. The third-order valence-corrected chi connectivity index (χ3v) is 2.36. The number of hydrogen-bond acceptors (Lipinski definition) is 2. The van der Waals surface area contributed by atoms with Crippen LogP contribution in [0.25, 0.3) is 0 Å². The Kier molecular flexibility index (Phi) is 4.96. The van der Waals surface area contributed by atoms with E-state index < -0.39 is 17.8 Å². The summed E-state index contributed by atoms with van der Waals surface area (Å²) in [5, 5.41) is 12.5. The minimum atomic E-state index is -4.33. The van der Waals surface area contributed by atoms with E-state index in [-0.39, 0.29) is 6.42 Å². The third kappa shape index (κ3) is 4.75. The lowest BCUT2D eigenvalue weighted by atomic mass is 10.0. The van der Waals surface area contributed by atoms with Gasteiger partial charge in [0.1, 0.15) is 0 Å². The summed E-state index contributed by atoms with van der Waals surface area (Å²) in [5.74, 6) is 0. The van der Waals surface area contributed by atoms with E-state index in [2.05, 4.69) is 5.32 Å². The van der Waals surface area contributed by atoms with Crippen LogP contribution in [0.1, 0.15) is 18.1 Å². The first-order chi connectivity index (χ1) is 7.93. The van der Waals surface area contributed by atoms with E-state index in [4.69, 9.17) is 0 Å². The fourth-order valence-electron chi connectivity index (χ4n) is 1.53. The molecule has 96 valence electrons. The van der Waals surface area contributed by atoms with Gasteiger partial charge in [0.15, 0.2) is 0 Å². The minimum absolute atomic E-state index is 0.219. The second-order valence-corrected chi connectivity index (χ2v) is 3.86. The number of aliphatic hydroxyl groups excluding tert-OH is 1. The van der Waals surface area contributed by atoms with Gasteiger partial charge in [-0.05, 0) is 24.6 Å². The van der Waals surface area contributed by atoms with Crippen LogP contribution in [0.3, 0.4) is 0 Å². The molecular weight excluding hydrogens is 231 g/mol. The van der Waals surface area contributed by atoms with Crippen LogP contribution in [0.15, 0.2) is 24.3 Å². The molecule has 1 aromatic carbocycles. The van der Waals surface area contributed by atoms with Gasteiger partial charge >= 0.3 is 6.18 Å². The Morgan fingerprint density at radius 3 is 2.65 bits per heavy atom. The lowest BCUT2D eigenvalue weighted by Gasteiger charge is -2.12. The second kappa shape index (κ2) is 6.02. The molecule has 1 rings (SSSR count). The van der Waals surface area contributed by atoms with Gasteiger partial charge in [0, 0.05) is 6.54 Å². The molecule has 0 heterocycles. The van der Waals surface area contributed by atoms with Gasteiger partial charge in [-0.2, -0.15) is 13.2 Å². The summed E-state index contributed by atoms with van der Waals surface area (Å²) in [6, 6.07) is 5.05. The first kappa shape index (κ1) is 14.0. The highest BCUT2D eigenvalue weighted by Crippen LogP contribution is 2.29. The summed E-state index contributed by atoms with van der Waals surface area (Å²) in [6.45, 7) is 3.00. The highest BCUT2D eigenvalue weighted by atomic mass is 19.4. The van der Waals surface area contributed by atoms with Crippen LogP contribution in [-0.4, -0.2) is 24.3 Å². The number of halogens is 3. The first-order valence-electron chi connectivity index (χ1n) is 5.48. The molecule has 0 bridgehead atoms. The molecule has 0 amide bonds. The van der Waals surface area contributed by atoms with Gasteiger partial charge in [-0.1, -0.05) is 25.1 Å². The number of nitrogens with one attached hydrogen (secondary N) is 1. The summed E-state index contributed by atoms with van der Waals surface area (Å²) in [6.07, 6.45) is -4.78. The normalized spacial score (nSPS) is 13.7. The molecule has 1 aromatic rings. The topological polar surface area (TPSA) is 32.3 Å². The fourth-order valence-corrected chi connectivity index (χ4v) is 1.53. The predicted molar refractivity (Wildman–Crippen MR) is 59.7 cm³/mol. The number of benzene rings is 1. The van der Waals surface area contributed by atoms with E-state index in [1.54, 1.807) is 6.07 Å². The van der Waals surface area contributed by atoms with Gasteiger partial charge in [-0.25, -0.2) is 0 Å². The largest absolute Gasteiger partial charge is 0.416 e. The lowest BCUT2D eigenvalue weighted by Crippen LogP contribution is -2.28. The van der Waals surface area contributed by atoms with Crippen LogP contribution < -0.4 is 5.32 Å². The number of aliphatic hydroxyl groups is 1. The quantitative estimate of drug-likeness (QED) is 0.836. The van der Waals surface area contributed by atoms with Gasteiger partial charge in [-0.15, -0.1) is 0 Å². The third-order valence-electron chi connectivity index (χ3n) is 2.36. The molecule has 1 atom stereocenters. The average molecular weight is 247 g/mol. The Balaban J connectivity index is 2.66. The van der Waals surface area contributed by atoms with Crippen LogP contribution in [0.4, 0.5) is 13.2 Å². The van der Waals surface area contributed by atoms with Crippen molar-refractivity contribution < 1.29 is 18.3 Å². The van der Waals surface area contributed by atoms with Crippen molar-refractivity contribution in [1.29, 1.82) is 0 Å². The van der Waals surface area contributed by atoms with Crippen molar-refractivity contribution >= 4 is 0 Å². The van der Waals surface area contributed by atoms with Crippen LogP contribution in [0.2, 0.25) is 0 Å². The first-order valence-corrected chi connectivity index (χ1v) is 5.48. The van der Waals surface area contributed by atoms with Crippen molar-refractivity contribution in [1.82, 2.24) is 5.32 Å². The molecule has 2 N–H and O–H groups in total. The molecule has 5 heteroatoms. The summed E-state index contributed by atoms with van der Waals surface area (Å²) < 4.78 is 37.3. The summed E-state index contributed by atoms with van der Waals surface area (Å²) >= 11 is 0. The van der Waals surface area contributed by atoms with Crippen molar-refractivity contribution in [2.75, 3.05) is 13.1 Å². The number of rotatable bonds is 5. The monoisotopic (exact) mass is 247 g/mol. The lowest BCUT2D eigenvalue weighted by molar-refractivity contribution is -0.137. The molecule has 0 radical (unpaired) electrons. The molecule has 0 aliphatic heterocycles. The fraction of sp³-hybridized carbons (Fsp3) is 0.500. The average Bonchev–Trinajstić information content (AvgIpc) is 2.25. The maximum Gasteiger partial charge on any atom is 0.416 e. The van der Waals surface area contributed by atoms with Crippen LogP contribution in [0, 0.1) is 0 Å². The van der Waals surface area contributed by atoms with Crippen molar-refractivity contribution in [2.45, 2.75) is 25.6 Å². The van der Waals surface area contributed by atoms with Crippen molar-refractivity contribution in [3.05, 3.63) is 35.4 Å². The highest BCUT2D eigenvalue weighted by Gasteiger charge is 2.30. The zero-order chi connectivity index (χ0) is 12.9. The molecule has 0 saturated heterocycles. The molecule has 0 aliphatic rings. The minimum Gasteiger partial charge on any atom is -0.391 e. The Bertz CT molecular complexity index is 352. The van der Waals surface area contributed by atoms with Gasteiger partial charge in [0.25, 0.3) is 0 Å². The van der Waals surface area contributed by atoms with Crippen LogP contribution in [-0.2, 0) is 12.6 Å². The van der Waals surface area contributed by atoms with Gasteiger partial charge in [0.05, 0.1) is 11.7 Å². The van der Waals surface area contributed by atoms with Crippen LogP contribution in [0.5, 0.6) is 0 Å². The van der Waals surface area contributed by atoms with E-state index in [1.807, 2.05) is 6.92 Å². The summed E-state index contributed by atoms with van der Waals surface area (Å²) in [4.78, 5) is 0. The Hall–Kier alpha value is -1.07. The maximum absolute atomic E-state index is 12.4. The van der Waals surface area contributed by atoms with Crippen molar-refractivity contribution in [2.24, 2.45) is 0 Å². The molecule has 17 heavy (non-hydrogen) atoms. The number of likely N-dealkylation sites (N-methyl/N-ethyl adjacent to an activating group) is 1. The molecule has 0 saturated carbocycles. The van der Waals surface area contributed by atoms with E-state index in [1.165, 1.54) is 6.07 Å². The zero-order valence-corrected chi connectivity index (χ0v) is 9.59. The van der Waals surface area contributed by atoms with Crippen molar-refractivity contribution in [3.63, 3.8) is 0 Å². The van der Waals surface area contributed by atoms with Gasteiger partial charge in [-0.3, -0.25) is 0 Å². The number of alkyl halides is 3. The Labute approximate surface area is 98.5 Å². The Morgan fingerprint density at radius 2 is 2.06 bits per heavy atom. The van der Waals surface area contributed by atoms with E-state index >= 15 is 0 Å². The Morgan fingerprint density at radius 1 is 1.35 bits per heavy atom. The molecule has 0 fully saturated rings. The van der Waals surface area contributed by atoms with E-state index in [9.17, 15) is 18.3 Å². The summed E-state index contributed by atoms with van der Waals surface area (Å²) in [7, 11) is 0. The maximum atomic E-state index is 12.4. The summed E-state index contributed by atoms with van der Waals surface area (Å²) in [5.41, 5.74) is -0.184. The van der Waals surface area contributed by atoms with Crippen LogP contribution >= 0.6 is 0 Å². The second-order valence-electron chi connectivity index (χ2n) is 3.86. The highest BCUT2D eigenvalue weighted by molar-refractivity contribution is 5.26. The molecule has 2 nitrogen and oxygen atoms in total. The number of hydrogen-bond donors (Lipinski definition) is 2.